The number of hydrogen-bond acceptors (Lipinski definition) is 3. The molecule has 1 amide bonds. The maximum Gasteiger partial charge on any atom is 0.416 e. The third-order valence-corrected chi connectivity index (χ3v) is 4.76. The molecule has 0 atom stereocenters. The molecule has 4 rings (SSSR count). The van der Waals surface area contributed by atoms with Crippen LogP contribution in [-0.4, -0.2) is 20.9 Å². The maximum absolute atomic E-state index is 12.9. The number of nitrogens with zero attached hydrogens (tertiary/aromatic N) is 2. The highest BCUT2D eigenvalue weighted by atomic mass is 35.5. The molecule has 0 saturated carbocycles. The summed E-state index contributed by atoms with van der Waals surface area (Å²) in [6, 6.07) is 12.0. The number of alkyl halides is 3. The van der Waals surface area contributed by atoms with Crippen molar-refractivity contribution in [2.45, 2.75) is 12.6 Å². The monoisotopic (exact) mass is 430 g/mol. The number of halogens is 4. The van der Waals surface area contributed by atoms with Crippen molar-refractivity contribution in [2.75, 3.05) is 5.32 Å². The van der Waals surface area contributed by atoms with E-state index in [1.165, 1.54) is 24.5 Å². The Morgan fingerprint density at radius 1 is 1.10 bits per heavy atom. The van der Waals surface area contributed by atoms with Crippen LogP contribution >= 0.6 is 11.6 Å². The predicted octanol–water partition coefficient (Wildman–Crippen LogP) is 5.47. The van der Waals surface area contributed by atoms with Crippen LogP contribution < -0.4 is 5.32 Å². The van der Waals surface area contributed by atoms with Gasteiger partial charge in [0.25, 0.3) is 5.91 Å². The van der Waals surface area contributed by atoms with Gasteiger partial charge in [0, 0.05) is 24.5 Å². The van der Waals surface area contributed by atoms with Gasteiger partial charge in [-0.15, -0.1) is 0 Å². The van der Waals surface area contributed by atoms with E-state index in [4.69, 9.17) is 11.6 Å². The van der Waals surface area contributed by atoms with Crippen LogP contribution in [0.5, 0.6) is 0 Å². The van der Waals surface area contributed by atoms with Gasteiger partial charge in [-0.1, -0.05) is 23.7 Å². The number of hydrogen-bond donors (Lipinski definition) is 2. The Balaban J connectivity index is 1.47. The van der Waals surface area contributed by atoms with E-state index in [1.54, 1.807) is 24.3 Å². The molecule has 152 valence electrons. The molecule has 0 fully saturated rings. The second-order valence-electron chi connectivity index (χ2n) is 6.60. The molecule has 0 radical (unpaired) electrons. The number of nitrogens with one attached hydrogen (secondary N) is 2. The number of benzene rings is 2. The number of fused-ring (bicyclic) bond motifs is 1. The van der Waals surface area contributed by atoms with E-state index in [0.29, 0.717) is 34.5 Å². The molecule has 9 heteroatoms. The second kappa shape index (κ2) is 7.79. The minimum atomic E-state index is -4.40. The first-order valence-electron chi connectivity index (χ1n) is 8.85. The summed E-state index contributed by atoms with van der Waals surface area (Å²) in [6.07, 6.45) is -1.12. The van der Waals surface area contributed by atoms with Crippen molar-refractivity contribution in [3.05, 3.63) is 88.5 Å². The van der Waals surface area contributed by atoms with E-state index in [9.17, 15) is 18.0 Å². The summed E-state index contributed by atoms with van der Waals surface area (Å²) in [7, 11) is 0. The number of amides is 1. The van der Waals surface area contributed by atoms with Crippen molar-refractivity contribution >= 4 is 34.2 Å². The summed E-state index contributed by atoms with van der Waals surface area (Å²) in [5.41, 5.74) is 1.85. The van der Waals surface area contributed by atoms with E-state index in [-0.39, 0.29) is 10.9 Å². The molecule has 0 spiro atoms. The maximum atomic E-state index is 12.9. The zero-order valence-corrected chi connectivity index (χ0v) is 16.1. The number of anilines is 1. The van der Waals surface area contributed by atoms with Gasteiger partial charge in [0.15, 0.2) is 0 Å². The Labute approximate surface area is 173 Å². The molecule has 0 saturated heterocycles. The Hall–Kier alpha value is -3.39. The lowest BCUT2D eigenvalue weighted by atomic mass is 10.1. The van der Waals surface area contributed by atoms with Gasteiger partial charge in [0.05, 0.1) is 27.2 Å². The first-order valence-corrected chi connectivity index (χ1v) is 9.23. The first-order chi connectivity index (χ1) is 14.3. The summed E-state index contributed by atoms with van der Waals surface area (Å²) >= 11 is 5.97. The molecule has 0 aliphatic heterocycles. The lowest BCUT2D eigenvalue weighted by molar-refractivity contribution is -0.137. The smallest absolute Gasteiger partial charge is 0.342 e. The number of pyridine rings is 1. The van der Waals surface area contributed by atoms with Crippen LogP contribution in [0.4, 0.5) is 18.9 Å². The Kier molecular flexibility index (Phi) is 5.17. The topological polar surface area (TPSA) is 70.7 Å². The normalized spacial score (nSPS) is 11.6. The van der Waals surface area contributed by atoms with Crippen LogP contribution in [0.15, 0.2) is 60.9 Å². The summed E-state index contributed by atoms with van der Waals surface area (Å²) in [5.74, 6) is 0.192. The van der Waals surface area contributed by atoms with Crippen LogP contribution in [0.3, 0.4) is 0 Å². The molecule has 2 heterocycles. The zero-order valence-electron chi connectivity index (χ0n) is 15.3. The van der Waals surface area contributed by atoms with Gasteiger partial charge in [-0.2, -0.15) is 13.2 Å². The Bertz CT molecular complexity index is 1220. The van der Waals surface area contributed by atoms with E-state index in [1.807, 2.05) is 0 Å². The van der Waals surface area contributed by atoms with Gasteiger partial charge in [0.2, 0.25) is 0 Å². The van der Waals surface area contributed by atoms with Crippen molar-refractivity contribution in [3.63, 3.8) is 0 Å². The highest BCUT2D eigenvalue weighted by Gasteiger charge is 2.30. The fourth-order valence-electron chi connectivity index (χ4n) is 2.98. The fourth-order valence-corrected chi connectivity index (χ4v) is 3.18. The number of imidazole rings is 1. The SMILES string of the molecule is O=C(Nc1ccc(Cc2nc3ccc(C(F)(F)F)cc3[nH]2)cc1)c1ccncc1Cl. The molecule has 2 N–H and O–H groups in total. The Morgan fingerprint density at radius 3 is 2.57 bits per heavy atom. The van der Waals surface area contributed by atoms with Gasteiger partial charge >= 0.3 is 6.18 Å². The minimum absolute atomic E-state index is 0.255. The van der Waals surface area contributed by atoms with Gasteiger partial charge < -0.3 is 10.3 Å². The standard InChI is InChI=1S/C21H14ClF3N4O/c22-16-11-26-8-7-15(16)20(30)27-14-4-1-12(2-5-14)9-19-28-17-6-3-13(21(23,24)25)10-18(17)29-19/h1-8,10-11H,9H2,(H,27,30)(H,28,29). The zero-order chi connectivity index (χ0) is 21.3. The molecule has 0 bridgehead atoms. The summed E-state index contributed by atoms with van der Waals surface area (Å²) in [5, 5.41) is 3.01. The molecule has 5 nitrogen and oxygen atoms in total. The number of aromatic amines is 1. The largest absolute Gasteiger partial charge is 0.416 e. The van der Waals surface area contributed by atoms with Gasteiger partial charge in [-0.05, 0) is 42.0 Å². The molecular weight excluding hydrogens is 417 g/mol. The molecule has 0 aliphatic carbocycles. The number of carbonyl (C=O) groups is 1. The first kappa shape index (κ1) is 19.9. The lowest BCUT2D eigenvalue weighted by Crippen LogP contribution is -2.12. The van der Waals surface area contributed by atoms with Crippen molar-refractivity contribution in [1.82, 2.24) is 15.0 Å². The summed E-state index contributed by atoms with van der Waals surface area (Å²) < 4.78 is 38.6. The van der Waals surface area contributed by atoms with Gasteiger partial charge in [-0.25, -0.2) is 4.98 Å². The minimum Gasteiger partial charge on any atom is -0.342 e. The van der Waals surface area contributed by atoms with E-state index < -0.39 is 11.7 Å². The molecule has 30 heavy (non-hydrogen) atoms. The van der Waals surface area contributed by atoms with E-state index in [2.05, 4.69) is 20.3 Å². The highest BCUT2D eigenvalue weighted by molar-refractivity contribution is 6.34. The molecule has 0 unspecified atom stereocenters. The summed E-state index contributed by atoms with van der Waals surface area (Å²) in [6.45, 7) is 0. The van der Waals surface area contributed by atoms with Crippen LogP contribution in [0.2, 0.25) is 5.02 Å². The van der Waals surface area contributed by atoms with E-state index >= 15 is 0 Å². The van der Waals surface area contributed by atoms with Crippen LogP contribution in [0.1, 0.15) is 27.3 Å². The molecule has 4 aromatic rings. The third kappa shape index (κ3) is 4.28. The summed E-state index contributed by atoms with van der Waals surface area (Å²) in [4.78, 5) is 23.4. The average Bonchev–Trinajstić information content (AvgIpc) is 3.10. The number of carbonyl (C=O) groups excluding carboxylic acids is 1. The fraction of sp³-hybridized carbons (Fsp3) is 0.0952. The molecule has 2 aromatic carbocycles. The number of H-pyrrole nitrogens is 1. The van der Waals surface area contributed by atoms with Crippen LogP contribution in [0, 0.1) is 0 Å². The predicted molar refractivity (Wildman–Crippen MR) is 108 cm³/mol. The third-order valence-electron chi connectivity index (χ3n) is 4.46. The van der Waals surface area contributed by atoms with Crippen molar-refractivity contribution in [3.8, 4) is 0 Å². The average molecular weight is 431 g/mol. The number of aromatic nitrogens is 3. The van der Waals surface area contributed by atoms with Gasteiger partial charge in [-0.3, -0.25) is 9.78 Å². The lowest BCUT2D eigenvalue weighted by Gasteiger charge is -2.07. The van der Waals surface area contributed by atoms with Crippen molar-refractivity contribution < 1.29 is 18.0 Å². The van der Waals surface area contributed by atoms with Crippen molar-refractivity contribution in [2.24, 2.45) is 0 Å². The van der Waals surface area contributed by atoms with Crippen molar-refractivity contribution in [1.29, 1.82) is 0 Å². The van der Waals surface area contributed by atoms with E-state index in [0.717, 1.165) is 17.7 Å². The van der Waals surface area contributed by atoms with Crippen LogP contribution in [0.25, 0.3) is 11.0 Å². The molecule has 0 aliphatic rings. The Morgan fingerprint density at radius 2 is 1.87 bits per heavy atom. The molecular formula is C21H14ClF3N4O. The number of rotatable bonds is 4. The quantitative estimate of drug-likeness (QED) is 0.451. The highest BCUT2D eigenvalue weighted by Crippen LogP contribution is 2.31. The van der Waals surface area contributed by atoms with Crippen LogP contribution in [-0.2, 0) is 12.6 Å². The second-order valence-corrected chi connectivity index (χ2v) is 7.00. The van der Waals surface area contributed by atoms with Gasteiger partial charge in [0.1, 0.15) is 5.82 Å². The molecule has 2 aromatic heterocycles.